The Morgan fingerprint density at radius 1 is 1.12 bits per heavy atom. The lowest BCUT2D eigenvalue weighted by atomic mass is 10.00. The van der Waals surface area contributed by atoms with Crippen LogP contribution in [0.25, 0.3) is 33.5 Å². The first-order chi connectivity index (χ1) is 16.8. The van der Waals surface area contributed by atoms with Gasteiger partial charge in [-0.2, -0.15) is 0 Å². The number of rotatable bonds is 3. The van der Waals surface area contributed by atoms with Crippen molar-refractivity contribution in [3.05, 3.63) is 59.3 Å². The van der Waals surface area contributed by atoms with Crippen molar-refractivity contribution in [1.82, 2.24) is 9.97 Å². The van der Waals surface area contributed by atoms with E-state index in [4.69, 9.17) is 22.2 Å². The van der Waals surface area contributed by atoms with E-state index >= 15 is 0 Å². The van der Waals surface area contributed by atoms with Crippen LogP contribution in [0.1, 0.15) is 47.7 Å². The number of para-hydroxylation sites is 1. The van der Waals surface area contributed by atoms with E-state index in [0.717, 1.165) is 12.3 Å². The second-order valence-corrected chi connectivity index (χ2v) is 5.16. The highest BCUT2D eigenvalue weighted by Crippen LogP contribution is 2.32. The van der Waals surface area contributed by atoms with Crippen molar-refractivity contribution in [2.24, 2.45) is 0 Å². The van der Waals surface area contributed by atoms with E-state index in [1.165, 1.54) is 6.07 Å². The number of aromatic nitrogens is 2. The van der Waals surface area contributed by atoms with Gasteiger partial charge in [0.15, 0.2) is 5.58 Å². The first kappa shape index (κ1) is 6.32. The van der Waals surface area contributed by atoms with Gasteiger partial charge in [0.05, 0.1) is 11.4 Å². The van der Waals surface area contributed by atoms with Crippen molar-refractivity contribution in [2.45, 2.75) is 33.3 Å². The molecule has 0 aliphatic carbocycles. The van der Waals surface area contributed by atoms with Gasteiger partial charge < -0.3 is 4.42 Å². The molecule has 3 heteroatoms. The number of hydrogen-bond acceptors (Lipinski definition) is 3. The molecule has 0 amide bonds. The van der Waals surface area contributed by atoms with Crippen LogP contribution in [0.4, 0.5) is 0 Å². The number of aryl methyl sites for hydroxylation is 2. The molecular weight excluding hydrogens is 296 g/mol. The number of nitrogens with zero attached hydrogens (tertiary/aromatic N) is 2. The number of fused-ring (bicyclic) bond motifs is 3. The number of furan rings is 1. The molecule has 0 aliphatic heterocycles. The summed E-state index contributed by atoms with van der Waals surface area (Å²) < 4.78 is 110. The molecule has 3 heterocycles. The predicted molar refractivity (Wildman–Crippen MR) is 98.2 cm³/mol. The fraction of sp³-hybridized carbons (Fsp3) is 0.238. The molecule has 0 saturated heterocycles. The Bertz CT molecular complexity index is 1500. The third-order valence-electron chi connectivity index (χ3n) is 3.72. The van der Waals surface area contributed by atoms with Crippen molar-refractivity contribution in [3.63, 3.8) is 0 Å². The average Bonchev–Trinajstić information content (AvgIpc) is 3.13. The molecule has 3 aromatic heterocycles. The summed E-state index contributed by atoms with van der Waals surface area (Å²) in [5, 5.41) is 0.511. The van der Waals surface area contributed by atoms with E-state index in [1.54, 1.807) is 24.3 Å². The topological polar surface area (TPSA) is 38.9 Å². The normalized spacial score (nSPS) is 22.2. The maximum absolute atomic E-state index is 8.40. The van der Waals surface area contributed by atoms with Gasteiger partial charge >= 0.3 is 0 Å². The summed E-state index contributed by atoms with van der Waals surface area (Å²) in [5.41, 5.74) is -2.24. The highest BCUT2D eigenvalue weighted by molar-refractivity contribution is 6.03. The second-order valence-electron chi connectivity index (χ2n) is 5.16. The zero-order valence-electron chi connectivity index (χ0n) is 25.3. The van der Waals surface area contributed by atoms with Crippen LogP contribution in [0.15, 0.2) is 47.0 Å². The van der Waals surface area contributed by atoms with E-state index in [9.17, 15) is 0 Å². The van der Waals surface area contributed by atoms with Gasteiger partial charge in [0, 0.05) is 29.4 Å². The molecule has 3 nitrogen and oxygen atoms in total. The Kier molecular flexibility index (Phi) is 1.51. The van der Waals surface area contributed by atoms with E-state index in [2.05, 4.69) is 9.97 Å². The van der Waals surface area contributed by atoms with Gasteiger partial charge in [-0.25, -0.2) is 4.98 Å². The van der Waals surface area contributed by atoms with Crippen LogP contribution in [0.3, 0.4) is 0 Å². The summed E-state index contributed by atoms with van der Waals surface area (Å²) in [6, 6.07) is 8.80. The molecular formula is C21H20N2O. The SMILES string of the molecule is [2H]C([2H])([2H])c1cc2oc3ccccc3c2nc1-c1nccc(C([2H])([2H])C([2H])([2H])C([2H])([2H])[2H])c1C([2H])([2H])[2H]. The van der Waals surface area contributed by atoms with Gasteiger partial charge in [0.2, 0.25) is 0 Å². The molecule has 4 aromatic rings. The predicted octanol–water partition coefficient (Wildman–Crippen LogP) is 5.61. The third kappa shape index (κ3) is 2.28. The fourth-order valence-electron chi connectivity index (χ4n) is 2.63. The molecule has 24 heavy (non-hydrogen) atoms. The lowest BCUT2D eigenvalue weighted by molar-refractivity contribution is 0.668. The molecule has 0 N–H and O–H groups in total. The molecule has 0 atom stereocenters. The smallest absolute Gasteiger partial charge is 0.154 e. The van der Waals surface area contributed by atoms with Gasteiger partial charge in [0.25, 0.3) is 0 Å². The largest absolute Gasteiger partial charge is 0.454 e. The first-order valence-corrected chi connectivity index (χ1v) is 7.11. The molecule has 0 saturated carbocycles. The number of benzene rings is 1. The van der Waals surface area contributed by atoms with Crippen LogP contribution >= 0.6 is 0 Å². The fourth-order valence-corrected chi connectivity index (χ4v) is 2.63. The van der Waals surface area contributed by atoms with Crippen molar-refractivity contribution < 1.29 is 22.2 Å². The van der Waals surface area contributed by atoms with E-state index < -0.39 is 61.4 Å². The summed E-state index contributed by atoms with van der Waals surface area (Å²) in [7, 11) is 0. The maximum Gasteiger partial charge on any atom is 0.154 e. The molecule has 4 rings (SSSR count). The summed E-state index contributed by atoms with van der Waals surface area (Å²) in [4.78, 5) is 8.46. The van der Waals surface area contributed by atoms with Crippen LogP contribution in [0, 0.1) is 13.7 Å². The van der Waals surface area contributed by atoms with Gasteiger partial charge in [0.1, 0.15) is 11.1 Å². The second kappa shape index (κ2) is 5.75. The standard InChI is InChI=1S/C21H20N2O/c1-4-7-15-10-11-22-20(14(15)3)19-13(2)12-18-21(23-19)16-8-5-6-9-17(16)24-18/h5-6,8-12H,4,7H2,1-3H3/i1D3,2D3,3D3,4D2,7D2. The molecule has 1 aromatic carbocycles. The first-order valence-electron chi connectivity index (χ1n) is 13.6. The van der Waals surface area contributed by atoms with Crippen LogP contribution < -0.4 is 0 Å². The molecule has 0 bridgehead atoms. The molecule has 0 aliphatic rings. The molecule has 0 fully saturated rings. The van der Waals surface area contributed by atoms with Gasteiger partial charge in [-0.05, 0) is 61.0 Å². The van der Waals surface area contributed by atoms with Crippen molar-refractivity contribution in [3.8, 4) is 11.4 Å². The van der Waals surface area contributed by atoms with Crippen molar-refractivity contribution in [1.29, 1.82) is 0 Å². The average molecular weight is 329 g/mol. The van der Waals surface area contributed by atoms with Crippen molar-refractivity contribution >= 4 is 22.1 Å². The number of hydrogen-bond donors (Lipinski definition) is 0. The van der Waals surface area contributed by atoms with E-state index in [0.29, 0.717) is 11.0 Å². The zero-order valence-corrected chi connectivity index (χ0v) is 12.3. The lowest BCUT2D eigenvalue weighted by Crippen LogP contribution is -1.98. The minimum Gasteiger partial charge on any atom is -0.454 e. The molecule has 120 valence electrons. The molecule has 0 radical (unpaired) electrons. The minimum atomic E-state index is -3.51. The Labute approximate surface area is 159 Å². The molecule has 0 unspecified atom stereocenters. The summed E-state index contributed by atoms with van der Waals surface area (Å²) in [6.07, 6.45) is -5.88. The minimum absolute atomic E-state index is 0.122. The highest BCUT2D eigenvalue weighted by atomic mass is 16.3. The zero-order chi connectivity index (χ0) is 27.8. The summed E-state index contributed by atoms with van der Waals surface area (Å²) in [5.74, 6) is 0. The molecule has 0 spiro atoms. The Morgan fingerprint density at radius 2 is 2.08 bits per heavy atom. The van der Waals surface area contributed by atoms with Crippen molar-refractivity contribution in [2.75, 3.05) is 0 Å². The van der Waals surface area contributed by atoms with Gasteiger partial charge in [-0.15, -0.1) is 0 Å². The van der Waals surface area contributed by atoms with Crippen LogP contribution in [0.2, 0.25) is 0 Å². The highest BCUT2D eigenvalue weighted by Gasteiger charge is 2.15. The summed E-state index contributed by atoms with van der Waals surface area (Å²) in [6.45, 7) is -9.44. The third-order valence-corrected chi connectivity index (χ3v) is 3.72. The monoisotopic (exact) mass is 329 g/mol. The van der Waals surface area contributed by atoms with E-state index in [-0.39, 0.29) is 11.1 Å². The van der Waals surface area contributed by atoms with Crippen LogP contribution in [0.5, 0.6) is 0 Å². The Hall–Kier alpha value is -2.68. The van der Waals surface area contributed by atoms with E-state index in [1.807, 2.05) is 0 Å². The maximum atomic E-state index is 8.40. The Morgan fingerprint density at radius 3 is 2.96 bits per heavy atom. The van der Waals surface area contributed by atoms with Crippen LogP contribution in [-0.2, 0) is 6.37 Å². The lowest BCUT2D eigenvalue weighted by Gasteiger charge is -2.11. The quantitative estimate of drug-likeness (QED) is 0.490. The summed E-state index contributed by atoms with van der Waals surface area (Å²) >= 11 is 0. The van der Waals surface area contributed by atoms with Gasteiger partial charge in [-0.1, -0.05) is 25.4 Å². The van der Waals surface area contributed by atoms with Gasteiger partial charge in [-0.3, -0.25) is 4.98 Å². The van der Waals surface area contributed by atoms with Crippen LogP contribution in [-0.4, -0.2) is 9.97 Å². The number of pyridine rings is 2. The Balaban J connectivity index is 2.14.